The van der Waals surface area contributed by atoms with E-state index in [2.05, 4.69) is 51.5 Å². The Labute approximate surface area is 167 Å². The summed E-state index contributed by atoms with van der Waals surface area (Å²) in [7, 11) is 0. The second-order valence-electron chi connectivity index (χ2n) is 7.88. The molecule has 6 heteroatoms. The number of hydrogen-bond acceptors (Lipinski definition) is 5. The summed E-state index contributed by atoms with van der Waals surface area (Å²) in [5, 5.41) is 6.15. The summed E-state index contributed by atoms with van der Waals surface area (Å²) in [4.78, 5) is 23.6. The Morgan fingerprint density at radius 2 is 1.82 bits per heavy atom. The van der Waals surface area contributed by atoms with Crippen molar-refractivity contribution in [3.63, 3.8) is 0 Å². The minimum Gasteiger partial charge on any atom is -0.372 e. The van der Waals surface area contributed by atoms with E-state index < -0.39 is 0 Å². The Hall–Kier alpha value is -2.63. The van der Waals surface area contributed by atoms with Gasteiger partial charge in [0.25, 0.3) is 5.91 Å². The number of amides is 1. The maximum Gasteiger partial charge on any atom is 0.270 e. The molecule has 150 valence electrons. The summed E-state index contributed by atoms with van der Waals surface area (Å²) in [6.45, 7) is 9.06. The first-order valence-electron chi connectivity index (χ1n) is 10.3. The molecule has 1 fully saturated rings. The minimum atomic E-state index is -0.158. The van der Waals surface area contributed by atoms with E-state index in [9.17, 15) is 4.79 Å². The van der Waals surface area contributed by atoms with Crippen molar-refractivity contribution in [1.29, 1.82) is 0 Å². The van der Waals surface area contributed by atoms with E-state index in [0.29, 0.717) is 24.1 Å². The zero-order valence-corrected chi connectivity index (χ0v) is 17.2. The second-order valence-corrected chi connectivity index (χ2v) is 7.88. The molecule has 0 saturated carbocycles. The van der Waals surface area contributed by atoms with Crippen molar-refractivity contribution < 1.29 is 4.79 Å². The van der Waals surface area contributed by atoms with Crippen LogP contribution in [0.25, 0.3) is 0 Å². The van der Waals surface area contributed by atoms with Gasteiger partial charge in [-0.05, 0) is 68.9 Å². The van der Waals surface area contributed by atoms with Crippen LogP contribution in [-0.4, -0.2) is 35.5 Å². The average Bonchev–Trinajstić information content (AvgIpc) is 2.68. The van der Waals surface area contributed by atoms with Crippen molar-refractivity contribution in [1.82, 2.24) is 15.3 Å². The number of piperidine rings is 1. The number of carbonyl (C=O) groups excluding carboxylic acids is 1. The van der Waals surface area contributed by atoms with Gasteiger partial charge in [0.1, 0.15) is 5.69 Å². The van der Waals surface area contributed by atoms with E-state index in [1.54, 1.807) is 6.07 Å². The maximum atomic E-state index is 12.4. The standard InChI is InChI=1S/C22H31N5O/c1-16(2)11-12-23-21(28)20-15-17(3)24-22(26-20)25-18-7-9-19(10-8-18)27-13-5-4-6-14-27/h7-10,15-16H,4-6,11-14H2,1-3H3,(H,23,28)(H,24,25,26). The predicted molar refractivity (Wildman–Crippen MR) is 114 cm³/mol. The van der Waals surface area contributed by atoms with E-state index in [1.807, 2.05) is 19.1 Å². The smallest absolute Gasteiger partial charge is 0.270 e. The normalized spacial score (nSPS) is 14.2. The molecule has 0 spiro atoms. The van der Waals surface area contributed by atoms with Gasteiger partial charge in [-0.25, -0.2) is 9.97 Å². The van der Waals surface area contributed by atoms with E-state index >= 15 is 0 Å². The third-order valence-corrected chi connectivity index (χ3v) is 4.94. The Kier molecular flexibility index (Phi) is 6.85. The Morgan fingerprint density at radius 1 is 1.11 bits per heavy atom. The molecule has 1 amide bonds. The van der Waals surface area contributed by atoms with Crippen LogP contribution in [0.1, 0.15) is 55.7 Å². The molecular weight excluding hydrogens is 350 g/mol. The number of aromatic nitrogens is 2. The van der Waals surface area contributed by atoms with Crippen LogP contribution >= 0.6 is 0 Å². The highest BCUT2D eigenvalue weighted by Gasteiger charge is 2.12. The molecule has 1 aromatic carbocycles. The quantitative estimate of drug-likeness (QED) is 0.748. The molecule has 0 unspecified atom stereocenters. The molecular formula is C22H31N5O. The third kappa shape index (κ3) is 5.68. The minimum absolute atomic E-state index is 0.158. The molecule has 0 atom stereocenters. The van der Waals surface area contributed by atoms with Crippen LogP contribution < -0.4 is 15.5 Å². The zero-order valence-electron chi connectivity index (χ0n) is 17.2. The first-order valence-corrected chi connectivity index (χ1v) is 10.3. The third-order valence-electron chi connectivity index (χ3n) is 4.94. The summed E-state index contributed by atoms with van der Waals surface area (Å²) in [5.74, 6) is 0.840. The number of nitrogens with zero attached hydrogens (tertiary/aromatic N) is 3. The van der Waals surface area contributed by atoms with Crippen LogP contribution in [0, 0.1) is 12.8 Å². The van der Waals surface area contributed by atoms with Crippen LogP contribution in [0.3, 0.4) is 0 Å². The lowest BCUT2D eigenvalue weighted by Crippen LogP contribution is -2.29. The van der Waals surface area contributed by atoms with E-state index in [0.717, 1.165) is 30.9 Å². The van der Waals surface area contributed by atoms with Gasteiger partial charge >= 0.3 is 0 Å². The van der Waals surface area contributed by atoms with Crippen LogP contribution in [0.5, 0.6) is 0 Å². The van der Waals surface area contributed by atoms with Gasteiger partial charge < -0.3 is 15.5 Å². The van der Waals surface area contributed by atoms with Gasteiger partial charge in [0.15, 0.2) is 0 Å². The highest BCUT2D eigenvalue weighted by atomic mass is 16.1. The fourth-order valence-electron chi connectivity index (χ4n) is 3.34. The molecule has 2 N–H and O–H groups in total. The van der Waals surface area contributed by atoms with Crippen molar-refractivity contribution in [2.24, 2.45) is 5.92 Å². The van der Waals surface area contributed by atoms with E-state index in [1.165, 1.54) is 24.9 Å². The van der Waals surface area contributed by atoms with E-state index in [4.69, 9.17) is 0 Å². The summed E-state index contributed by atoms with van der Waals surface area (Å²) in [5.41, 5.74) is 3.32. The van der Waals surface area contributed by atoms with Crippen LogP contribution in [-0.2, 0) is 0 Å². The number of aryl methyl sites for hydroxylation is 1. The Balaban J connectivity index is 1.65. The lowest BCUT2D eigenvalue weighted by Gasteiger charge is -2.28. The monoisotopic (exact) mass is 381 g/mol. The second kappa shape index (κ2) is 9.53. The fourth-order valence-corrected chi connectivity index (χ4v) is 3.34. The zero-order chi connectivity index (χ0) is 19.9. The van der Waals surface area contributed by atoms with Gasteiger partial charge in [0.2, 0.25) is 5.95 Å². The molecule has 2 heterocycles. The van der Waals surface area contributed by atoms with Gasteiger partial charge in [-0.2, -0.15) is 0 Å². The van der Waals surface area contributed by atoms with Crippen LogP contribution in [0.4, 0.5) is 17.3 Å². The van der Waals surface area contributed by atoms with Gasteiger partial charge in [-0.1, -0.05) is 13.8 Å². The van der Waals surface area contributed by atoms with Gasteiger partial charge in [0, 0.05) is 36.7 Å². The summed E-state index contributed by atoms with van der Waals surface area (Å²) >= 11 is 0. The van der Waals surface area contributed by atoms with Crippen molar-refractivity contribution >= 4 is 23.2 Å². The molecule has 28 heavy (non-hydrogen) atoms. The molecule has 1 saturated heterocycles. The highest BCUT2D eigenvalue weighted by Crippen LogP contribution is 2.23. The molecule has 0 bridgehead atoms. The first kappa shape index (κ1) is 20.1. The molecule has 6 nitrogen and oxygen atoms in total. The first-order chi connectivity index (χ1) is 13.5. The average molecular weight is 382 g/mol. The molecule has 1 aliphatic rings. The molecule has 3 rings (SSSR count). The van der Waals surface area contributed by atoms with Crippen molar-refractivity contribution in [2.45, 2.75) is 46.5 Å². The molecule has 2 aromatic rings. The predicted octanol–water partition coefficient (Wildman–Crippen LogP) is 4.29. The largest absolute Gasteiger partial charge is 0.372 e. The Morgan fingerprint density at radius 3 is 2.50 bits per heavy atom. The summed E-state index contributed by atoms with van der Waals surface area (Å²) in [6.07, 6.45) is 4.80. The number of carbonyl (C=O) groups is 1. The maximum absolute atomic E-state index is 12.4. The molecule has 1 aliphatic heterocycles. The topological polar surface area (TPSA) is 70.2 Å². The number of rotatable bonds is 7. The number of nitrogens with one attached hydrogen (secondary N) is 2. The lowest BCUT2D eigenvalue weighted by molar-refractivity contribution is 0.0947. The molecule has 0 aliphatic carbocycles. The van der Waals surface area contributed by atoms with Crippen LogP contribution in [0.15, 0.2) is 30.3 Å². The van der Waals surface area contributed by atoms with Gasteiger partial charge in [-0.3, -0.25) is 4.79 Å². The van der Waals surface area contributed by atoms with Gasteiger partial charge in [0.05, 0.1) is 0 Å². The number of benzene rings is 1. The fraction of sp³-hybridized carbons (Fsp3) is 0.500. The lowest BCUT2D eigenvalue weighted by atomic mass is 10.1. The van der Waals surface area contributed by atoms with Gasteiger partial charge in [-0.15, -0.1) is 0 Å². The van der Waals surface area contributed by atoms with Crippen molar-refractivity contribution in [3.8, 4) is 0 Å². The van der Waals surface area contributed by atoms with Crippen molar-refractivity contribution in [3.05, 3.63) is 41.7 Å². The van der Waals surface area contributed by atoms with E-state index in [-0.39, 0.29) is 5.91 Å². The highest BCUT2D eigenvalue weighted by molar-refractivity contribution is 5.92. The van der Waals surface area contributed by atoms with Crippen LogP contribution in [0.2, 0.25) is 0 Å². The number of anilines is 3. The summed E-state index contributed by atoms with van der Waals surface area (Å²) in [6, 6.07) is 10.1. The SMILES string of the molecule is Cc1cc(C(=O)NCCC(C)C)nc(Nc2ccc(N3CCCCC3)cc2)n1. The Bertz CT molecular complexity index is 782. The number of hydrogen-bond donors (Lipinski definition) is 2. The molecule has 0 radical (unpaired) electrons. The van der Waals surface area contributed by atoms with Crippen molar-refractivity contribution in [2.75, 3.05) is 29.9 Å². The summed E-state index contributed by atoms with van der Waals surface area (Å²) < 4.78 is 0. The molecule has 1 aromatic heterocycles.